The Hall–Kier alpha value is -0.650. The Morgan fingerprint density at radius 1 is 1.03 bits per heavy atom. The number of aliphatic carboxylic acids is 1. The molecule has 5 heteroatoms. The maximum atomic E-state index is 11.5. The number of hydrogen-bond donors (Lipinski definition) is 4. The summed E-state index contributed by atoms with van der Waals surface area (Å²) >= 11 is 0. The molecule has 4 saturated carbocycles. The third-order valence-electron chi connectivity index (χ3n) is 10.3. The van der Waals surface area contributed by atoms with Gasteiger partial charge in [-0.2, -0.15) is 0 Å². The second-order valence-electron chi connectivity index (χ2n) is 11.4. The summed E-state index contributed by atoms with van der Waals surface area (Å²) < 4.78 is 0. The number of hydrogen-bond acceptors (Lipinski definition) is 4. The normalized spacial score (nSPS) is 52.9. The van der Waals surface area contributed by atoms with Crippen LogP contribution in [0.15, 0.2) is 0 Å². The van der Waals surface area contributed by atoms with Gasteiger partial charge in [-0.1, -0.05) is 20.8 Å². The van der Waals surface area contributed by atoms with E-state index in [1.165, 1.54) is 0 Å². The molecule has 11 atom stereocenters. The Labute approximate surface area is 174 Å². The molecule has 0 aliphatic heterocycles. The minimum Gasteiger partial charge on any atom is -0.481 e. The van der Waals surface area contributed by atoms with E-state index in [9.17, 15) is 20.1 Å². The molecule has 4 N–H and O–H groups in total. The Kier molecular flexibility index (Phi) is 5.57. The van der Waals surface area contributed by atoms with Gasteiger partial charge in [-0.3, -0.25) is 4.79 Å². The fourth-order valence-electron chi connectivity index (χ4n) is 8.68. The van der Waals surface area contributed by atoms with Crippen LogP contribution in [-0.4, -0.2) is 44.7 Å². The molecule has 0 saturated heterocycles. The standard InChI is InChI=1S/C24H40O5/c1-13(4-7-21(28)29)16-5-6-17-22-18(12-20(27)24(16,17)3)23(2)9-8-15(25)10-14(23)11-19(22)26/h13-20,22,25-27H,4-12H2,1-3H3,(H,28,29)/t13-,14-,15-,16-,17-,18+,19-,20+,22-,23-,24-/m1/s1. The van der Waals surface area contributed by atoms with Crippen molar-refractivity contribution in [1.82, 2.24) is 0 Å². The van der Waals surface area contributed by atoms with Gasteiger partial charge in [0.05, 0.1) is 18.3 Å². The van der Waals surface area contributed by atoms with E-state index in [1.807, 2.05) is 0 Å². The number of rotatable bonds is 4. The van der Waals surface area contributed by atoms with Crippen LogP contribution in [0.1, 0.15) is 78.6 Å². The fraction of sp³-hybridized carbons (Fsp3) is 0.958. The van der Waals surface area contributed by atoms with Gasteiger partial charge in [-0.05, 0) is 97.7 Å². The molecule has 0 bridgehead atoms. The summed E-state index contributed by atoms with van der Waals surface area (Å²) in [7, 11) is 0. The largest absolute Gasteiger partial charge is 0.481 e. The van der Waals surface area contributed by atoms with Crippen molar-refractivity contribution < 1.29 is 25.2 Å². The quantitative estimate of drug-likeness (QED) is 0.571. The lowest BCUT2D eigenvalue weighted by Gasteiger charge is -2.63. The van der Waals surface area contributed by atoms with Crippen molar-refractivity contribution in [1.29, 1.82) is 0 Å². The van der Waals surface area contributed by atoms with Crippen LogP contribution in [0.2, 0.25) is 0 Å². The van der Waals surface area contributed by atoms with Crippen molar-refractivity contribution in [2.24, 2.45) is 46.3 Å². The molecule has 0 aromatic heterocycles. The van der Waals surface area contributed by atoms with Crippen molar-refractivity contribution in [2.45, 2.75) is 96.9 Å². The van der Waals surface area contributed by atoms with E-state index in [0.717, 1.165) is 44.9 Å². The molecule has 0 aromatic carbocycles. The third kappa shape index (κ3) is 3.27. The highest BCUT2D eigenvalue weighted by Crippen LogP contribution is 2.68. The molecule has 0 radical (unpaired) electrons. The molecular weight excluding hydrogens is 368 g/mol. The van der Waals surface area contributed by atoms with Crippen LogP contribution in [0.5, 0.6) is 0 Å². The molecule has 0 amide bonds. The molecule has 0 aromatic rings. The van der Waals surface area contributed by atoms with Gasteiger partial charge in [0.2, 0.25) is 0 Å². The van der Waals surface area contributed by atoms with Crippen LogP contribution < -0.4 is 0 Å². The summed E-state index contributed by atoms with van der Waals surface area (Å²) in [4.78, 5) is 11.1. The fourth-order valence-corrected chi connectivity index (χ4v) is 8.68. The highest BCUT2D eigenvalue weighted by atomic mass is 16.4. The predicted molar refractivity (Wildman–Crippen MR) is 110 cm³/mol. The Bertz CT molecular complexity index is 637. The van der Waals surface area contributed by atoms with Gasteiger partial charge in [0.25, 0.3) is 0 Å². The van der Waals surface area contributed by atoms with E-state index in [4.69, 9.17) is 5.11 Å². The molecule has 166 valence electrons. The zero-order valence-corrected chi connectivity index (χ0v) is 18.3. The van der Waals surface area contributed by atoms with E-state index in [-0.39, 0.29) is 41.3 Å². The SMILES string of the molecule is C[C@H](CCC(=O)O)[C@H]1CC[C@@H]2[C@H]3[C@H](O)C[C@H]4C[C@H](O)CC[C@@]4(C)[C@H]3C[C@H](O)[C@@]21C. The van der Waals surface area contributed by atoms with Gasteiger partial charge in [0.1, 0.15) is 0 Å². The average molecular weight is 409 g/mol. The molecule has 4 fully saturated rings. The van der Waals surface area contributed by atoms with E-state index in [2.05, 4.69) is 20.8 Å². The van der Waals surface area contributed by atoms with E-state index in [0.29, 0.717) is 30.1 Å². The van der Waals surface area contributed by atoms with Crippen molar-refractivity contribution >= 4 is 5.97 Å². The van der Waals surface area contributed by atoms with Crippen LogP contribution in [-0.2, 0) is 4.79 Å². The molecule has 4 aliphatic rings. The summed E-state index contributed by atoms with van der Waals surface area (Å²) in [6.07, 6.45) is 6.00. The average Bonchev–Trinajstić information content (AvgIpc) is 3.01. The van der Waals surface area contributed by atoms with Crippen LogP contribution in [0, 0.1) is 46.3 Å². The van der Waals surface area contributed by atoms with Gasteiger partial charge >= 0.3 is 5.97 Å². The second kappa shape index (κ2) is 7.49. The highest BCUT2D eigenvalue weighted by molar-refractivity contribution is 5.66. The van der Waals surface area contributed by atoms with Crippen LogP contribution in [0.3, 0.4) is 0 Å². The summed E-state index contributed by atoms with van der Waals surface area (Å²) in [5.74, 6) is 0.997. The maximum Gasteiger partial charge on any atom is 0.303 e. The number of aliphatic hydroxyl groups excluding tert-OH is 3. The first-order valence-electron chi connectivity index (χ1n) is 11.8. The van der Waals surface area contributed by atoms with Crippen LogP contribution >= 0.6 is 0 Å². The molecule has 4 rings (SSSR count). The zero-order chi connectivity index (χ0) is 21.1. The molecule has 29 heavy (non-hydrogen) atoms. The van der Waals surface area contributed by atoms with Gasteiger partial charge in [-0.25, -0.2) is 0 Å². The number of carboxylic acids is 1. The first-order chi connectivity index (χ1) is 13.6. The lowest BCUT2D eigenvalue weighted by molar-refractivity contribution is -0.207. The lowest BCUT2D eigenvalue weighted by Crippen LogP contribution is -2.62. The zero-order valence-electron chi connectivity index (χ0n) is 18.3. The third-order valence-corrected chi connectivity index (χ3v) is 10.3. The molecular formula is C24H40O5. The van der Waals surface area contributed by atoms with Gasteiger partial charge in [0, 0.05) is 6.42 Å². The topological polar surface area (TPSA) is 98.0 Å². The highest BCUT2D eigenvalue weighted by Gasteiger charge is 2.65. The first-order valence-corrected chi connectivity index (χ1v) is 11.8. The summed E-state index contributed by atoms with van der Waals surface area (Å²) in [5.41, 5.74) is -0.143. The minimum absolute atomic E-state index is 0.0957. The number of carbonyl (C=O) groups is 1. The Morgan fingerprint density at radius 2 is 1.76 bits per heavy atom. The van der Waals surface area contributed by atoms with E-state index < -0.39 is 12.1 Å². The van der Waals surface area contributed by atoms with Crippen LogP contribution in [0.25, 0.3) is 0 Å². The maximum absolute atomic E-state index is 11.5. The van der Waals surface area contributed by atoms with Gasteiger partial charge < -0.3 is 20.4 Å². The summed E-state index contributed by atoms with van der Waals surface area (Å²) in [6.45, 7) is 6.72. The summed E-state index contributed by atoms with van der Waals surface area (Å²) in [6, 6.07) is 0. The molecule has 0 unspecified atom stereocenters. The van der Waals surface area contributed by atoms with Gasteiger partial charge in [0.15, 0.2) is 0 Å². The summed E-state index contributed by atoms with van der Waals surface area (Å²) in [5, 5.41) is 42.0. The Balaban J connectivity index is 1.61. The number of fused-ring (bicyclic) bond motifs is 5. The van der Waals surface area contributed by atoms with Crippen molar-refractivity contribution in [3.8, 4) is 0 Å². The number of carboxylic acid groups (broad SMARTS) is 1. The van der Waals surface area contributed by atoms with Gasteiger partial charge in [-0.15, -0.1) is 0 Å². The Morgan fingerprint density at radius 3 is 2.45 bits per heavy atom. The second-order valence-corrected chi connectivity index (χ2v) is 11.4. The molecule has 0 heterocycles. The van der Waals surface area contributed by atoms with E-state index >= 15 is 0 Å². The lowest BCUT2D eigenvalue weighted by atomic mass is 9.43. The first kappa shape index (κ1) is 21.6. The minimum atomic E-state index is -0.748. The van der Waals surface area contributed by atoms with Crippen molar-refractivity contribution in [2.75, 3.05) is 0 Å². The monoisotopic (exact) mass is 408 g/mol. The van der Waals surface area contributed by atoms with Crippen molar-refractivity contribution in [3.05, 3.63) is 0 Å². The molecule has 0 spiro atoms. The smallest absolute Gasteiger partial charge is 0.303 e. The predicted octanol–water partition coefficient (Wildman–Crippen LogP) is 3.45. The number of aliphatic hydroxyl groups is 3. The van der Waals surface area contributed by atoms with Crippen LogP contribution in [0.4, 0.5) is 0 Å². The molecule has 4 aliphatic carbocycles. The van der Waals surface area contributed by atoms with E-state index in [1.54, 1.807) is 0 Å². The molecule has 5 nitrogen and oxygen atoms in total. The van der Waals surface area contributed by atoms with Crippen molar-refractivity contribution in [3.63, 3.8) is 0 Å².